The number of thiophene rings is 1. The summed E-state index contributed by atoms with van der Waals surface area (Å²) in [4.78, 5) is 40.7. The molecule has 2 heterocycles. The Morgan fingerprint density at radius 1 is 1.19 bits per heavy atom. The van der Waals surface area contributed by atoms with Crippen molar-refractivity contribution in [1.29, 1.82) is 0 Å². The van der Waals surface area contributed by atoms with Gasteiger partial charge < -0.3 is 14.8 Å². The van der Waals surface area contributed by atoms with E-state index in [0.717, 1.165) is 5.56 Å². The maximum Gasteiger partial charge on any atom is 0.387 e. The minimum absolute atomic E-state index is 0.0583. The van der Waals surface area contributed by atoms with Crippen LogP contribution in [0, 0.1) is 0 Å². The monoisotopic (exact) mass is 451 g/mol. The zero-order valence-corrected chi connectivity index (χ0v) is 17.1. The van der Waals surface area contributed by atoms with Crippen molar-refractivity contribution in [2.75, 3.05) is 13.2 Å². The number of esters is 1. The number of fused-ring (bicyclic) bond motifs is 1. The van der Waals surface area contributed by atoms with Gasteiger partial charge in [0.25, 0.3) is 11.5 Å². The lowest BCUT2D eigenvalue weighted by Gasteiger charge is -2.08. The first-order valence-corrected chi connectivity index (χ1v) is 10.2. The highest BCUT2D eigenvalue weighted by molar-refractivity contribution is 7.16. The topological polar surface area (TPSA) is 99.5 Å². The van der Waals surface area contributed by atoms with Crippen LogP contribution < -0.4 is 15.6 Å². The number of aromatic nitrogens is 2. The molecule has 0 saturated heterocycles. The maximum absolute atomic E-state index is 12.2. The van der Waals surface area contributed by atoms with E-state index in [0.29, 0.717) is 16.6 Å². The van der Waals surface area contributed by atoms with Crippen LogP contribution in [0.5, 0.6) is 5.75 Å². The molecule has 164 valence electrons. The van der Waals surface area contributed by atoms with Gasteiger partial charge in [-0.3, -0.25) is 19.0 Å². The van der Waals surface area contributed by atoms with Crippen LogP contribution >= 0.6 is 11.3 Å². The number of amides is 1. The number of carbonyl (C=O) groups is 2. The highest BCUT2D eigenvalue weighted by atomic mass is 32.1. The number of benzene rings is 1. The summed E-state index contributed by atoms with van der Waals surface area (Å²) in [5, 5.41) is 4.87. The first-order valence-electron chi connectivity index (χ1n) is 9.31. The molecular weight excluding hydrogens is 432 g/mol. The first-order chi connectivity index (χ1) is 14.9. The van der Waals surface area contributed by atoms with Crippen LogP contribution in [0.3, 0.4) is 0 Å². The van der Waals surface area contributed by atoms with E-state index in [-0.39, 0.29) is 30.8 Å². The van der Waals surface area contributed by atoms with E-state index in [1.807, 2.05) is 0 Å². The quantitative estimate of drug-likeness (QED) is 0.475. The van der Waals surface area contributed by atoms with Crippen molar-refractivity contribution in [1.82, 2.24) is 14.9 Å². The number of ether oxygens (including phenoxy) is 2. The average Bonchev–Trinajstić information content (AvgIpc) is 3.22. The normalized spacial score (nSPS) is 10.9. The summed E-state index contributed by atoms with van der Waals surface area (Å²) in [6.07, 6.45) is 1.78. The van der Waals surface area contributed by atoms with Gasteiger partial charge in [0.15, 0.2) is 6.61 Å². The van der Waals surface area contributed by atoms with Crippen molar-refractivity contribution in [2.24, 2.45) is 0 Å². The van der Waals surface area contributed by atoms with E-state index in [2.05, 4.69) is 15.0 Å². The maximum atomic E-state index is 12.2. The minimum atomic E-state index is -2.88. The Bertz CT molecular complexity index is 1100. The molecule has 1 aromatic carbocycles. The van der Waals surface area contributed by atoms with Gasteiger partial charge in [-0.25, -0.2) is 4.98 Å². The van der Waals surface area contributed by atoms with Crippen molar-refractivity contribution < 1.29 is 27.8 Å². The van der Waals surface area contributed by atoms with Crippen molar-refractivity contribution >= 4 is 33.4 Å². The van der Waals surface area contributed by atoms with Gasteiger partial charge in [-0.2, -0.15) is 8.78 Å². The molecule has 0 bridgehead atoms. The van der Waals surface area contributed by atoms with E-state index in [1.54, 1.807) is 23.6 Å². The van der Waals surface area contributed by atoms with Crippen LogP contribution in [-0.2, 0) is 27.3 Å². The summed E-state index contributed by atoms with van der Waals surface area (Å²) in [5.41, 5.74) is 0.589. The number of aryl methyl sites for hydroxylation is 1. The fourth-order valence-corrected chi connectivity index (χ4v) is 3.44. The molecule has 0 saturated carbocycles. The number of hydrogen-bond donors (Lipinski definition) is 1. The molecule has 3 rings (SSSR count). The van der Waals surface area contributed by atoms with Crippen LogP contribution in [0.2, 0.25) is 0 Å². The Balaban J connectivity index is 1.35. The van der Waals surface area contributed by atoms with E-state index in [1.165, 1.54) is 34.4 Å². The van der Waals surface area contributed by atoms with Gasteiger partial charge in [-0.1, -0.05) is 12.1 Å². The molecule has 0 atom stereocenters. The lowest BCUT2D eigenvalue weighted by molar-refractivity contribution is -0.148. The average molecular weight is 451 g/mol. The third-order valence-corrected chi connectivity index (χ3v) is 5.08. The molecule has 0 fully saturated rings. The smallest absolute Gasteiger partial charge is 0.387 e. The molecule has 0 aliphatic carbocycles. The van der Waals surface area contributed by atoms with E-state index < -0.39 is 25.1 Å². The fraction of sp³-hybridized carbons (Fsp3) is 0.300. The third kappa shape index (κ3) is 6.57. The number of nitrogens with zero attached hydrogens (tertiary/aromatic N) is 2. The van der Waals surface area contributed by atoms with Gasteiger partial charge in [0.1, 0.15) is 10.6 Å². The van der Waals surface area contributed by atoms with Crippen molar-refractivity contribution in [3.63, 3.8) is 0 Å². The van der Waals surface area contributed by atoms with Gasteiger partial charge in [0, 0.05) is 13.1 Å². The Labute approximate surface area is 179 Å². The van der Waals surface area contributed by atoms with Crippen LogP contribution in [0.15, 0.2) is 46.8 Å². The summed E-state index contributed by atoms with van der Waals surface area (Å²) in [6, 6.07) is 7.76. The van der Waals surface area contributed by atoms with Crippen molar-refractivity contribution in [3.8, 4) is 5.75 Å². The summed E-state index contributed by atoms with van der Waals surface area (Å²) >= 11 is 1.36. The SMILES string of the molecule is O=C(COC(=O)CCn1cnc2sccc2c1=O)NCCc1ccc(OC(F)F)cc1. The number of rotatable bonds is 10. The predicted molar refractivity (Wildman–Crippen MR) is 109 cm³/mol. The molecule has 0 unspecified atom stereocenters. The Hall–Kier alpha value is -3.34. The zero-order chi connectivity index (χ0) is 22.2. The highest BCUT2D eigenvalue weighted by Gasteiger charge is 2.10. The minimum Gasteiger partial charge on any atom is -0.456 e. The molecule has 8 nitrogen and oxygen atoms in total. The third-order valence-electron chi connectivity index (χ3n) is 4.26. The standard InChI is InChI=1S/C20H19F2N3O5S/c21-20(22)30-14-3-1-13(2-4-14)5-8-23-16(26)11-29-17(27)6-9-25-12-24-18-15(19(25)28)7-10-31-18/h1-4,7,10,12,20H,5-6,8-9,11H2,(H,23,26). The predicted octanol–water partition coefficient (Wildman–Crippen LogP) is 2.35. The molecule has 1 amide bonds. The van der Waals surface area contributed by atoms with E-state index in [9.17, 15) is 23.2 Å². The van der Waals surface area contributed by atoms with Crippen LogP contribution in [-0.4, -0.2) is 41.2 Å². The molecule has 3 aromatic rings. The molecule has 2 aromatic heterocycles. The number of alkyl halides is 2. The van der Waals surface area contributed by atoms with Gasteiger partial charge in [-0.15, -0.1) is 11.3 Å². The number of carbonyl (C=O) groups excluding carboxylic acids is 2. The number of hydrogen-bond acceptors (Lipinski definition) is 7. The number of nitrogens with one attached hydrogen (secondary N) is 1. The number of halogens is 2. The van der Waals surface area contributed by atoms with E-state index >= 15 is 0 Å². The molecule has 1 N–H and O–H groups in total. The summed E-state index contributed by atoms with van der Waals surface area (Å²) in [5.74, 6) is -1.02. The van der Waals surface area contributed by atoms with Crippen molar-refractivity contribution in [2.45, 2.75) is 26.0 Å². The largest absolute Gasteiger partial charge is 0.456 e. The van der Waals surface area contributed by atoms with E-state index in [4.69, 9.17) is 4.74 Å². The molecule has 0 radical (unpaired) electrons. The second kappa shape index (κ2) is 10.6. The molecule has 11 heteroatoms. The molecular formula is C20H19F2N3O5S. The fourth-order valence-electron chi connectivity index (χ4n) is 2.72. The second-order valence-electron chi connectivity index (χ2n) is 6.42. The van der Waals surface area contributed by atoms with Crippen LogP contribution in [0.25, 0.3) is 10.2 Å². The lowest BCUT2D eigenvalue weighted by atomic mass is 10.1. The van der Waals surface area contributed by atoms with Crippen LogP contribution in [0.1, 0.15) is 12.0 Å². The summed E-state index contributed by atoms with van der Waals surface area (Å²) in [7, 11) is 0. The Morgan fingerprint density at radius 3 is 2.71 bits per heavy atom. The van der Waals surface area contributed by atoms with Gasteiger partial charge in [0.05, 0.1) is 18.1 Å². The van der Waals surface area contributed by atoms with Crippen LogP contribution in [0.4, 0.5) is 8.78 Å². The Kier molecular flexibility index (Phi) is 7.65. The summed E-state index contributed by atoms with van der Waals surface area (Å²) in [6.45, 7) is -2.93. The zero-order valence-electron chi connectivity index (χ0n) is 16.3. The highest BCUT2D eigenvalue weighted by Crippen LogP contribution is 2.15. The van der Waals surface area contributed by atoms with Gasteiger partial charge in [0.2, 0.25) is 0 Å². The van der Waals surface area contributed by atoms with Gasteiger partial charge in [-0.05, 0) is 35.6 Å². The molecule has 0 aliphatic rings. The second-order valence-corrected chi connectivity index (χ2v) is 7.31. The molecule has 0 spiro atoms. The van der Waals surface area contributed by atoms with Gasteiger partial charge >= 0.3 is 12.6 Å². The molecule has 0 aliphatic heterocycles. The molecule has 31 heavy (non-hydrogen) atoms. The summed E-state index contributed by atoms with van der Waals surface area (Å²) < 4.78 is 34.7. The first kappa shape index (κ1) is 22.3. The lowest BCUT2D eigenvalue weighted by Crippen LogP contribution is -2.30. The van der Waals surface area contributed by atoms with Crippen molar-refractivity contribution in [3.05, 3.63) is 58.0 Å². The Morgan fingerprint density at radius 2 is 1.97 bits per heavy atom.